The van der Waals surface area contributed by atoms with Crippen LogP contribution in [0.1, 0.15) is 28.7 Å². The first kappa shape index (κ1) is 20.3. The van der Waals surface area contributed by atoms with Crippen molar-refractivity contribution >= 4 is 40.5 Å². The lowest BCUT2D eigenvalue weighted by molar-refractivity contribution is -0.152. The number of hydrogen-bond acceptors (Lipinski definition) is 6. The van der Waals surface area contributed by atoms with Crippen molar-refractivity contribution in [2.24, 2.45) is 5.10 Å². The monoisotopic (exact) mass is 446 g/mol. The summed E-state index contributed by atoms with van der Waals surface area (Å²) in [5, 5.41) is 7.77. The van der Waals surface area contributed by atoms with Crippen molar-refractivity contribution in [1.82, 2.24) is 5.01 Å². The second-order valence-corrected chi connectivity index (χ2v) is 7.89. The zero-order chi connectivity index (χ0) is 21.1. The molecule has 0 fully saturated rings. The quantitative estimate of drug-likeness (QED) is 0.519. The Morgan fingerprint density at radius 3 is 2.83 bits per heavy atom. The number of carbonyl (C=O) groups is 2. The molecule has 4 rings (SSSR count). The number of furan rings is 1. The van der Waals surface area contributed by atoms with Crippen LogP contribution in [0.5, 0.6) is 0 Å². The average molecular weight is 447 g/mol. The van der Waals surface area contributed by atoms with Crippen LogP contribution in [-0.4, -0.2) is 29.2 Å². The Balaban J connectivity index is 1.44. The second-order valence-electron chi connectivity index (χ2n) is 6.54. The highest BCUT2D eigenvalue weighted by atomic mass is 35.5. The number of ether oxygens (including phenoxy) is 1. The lowest BCUT2D eigenvalue weighted by Gasteiger charge is -2.19. The van der Waals surface area contributed by atoms with E-state index in [1.165, 1.54) is 40.8 Å². The second kappa shape index (κ2) is 8.81. The molecule has 1 aromatic carbocycles. The van der Waals surface area contributed by atoms with E-state index in [2.05, 4.69) is 5.10 Å². The van der Waals surface area contributed by atoms with Crippen LogP contribution in [0, 0.1) is 5.82 Å². The molecule has 1 amide bonds. The number of nitrogens with zero attached hydrogens (tertiary/aromatic N) is 2. The lowest BCUT2D eigenvalue weighted by atomic mass is 10.1. The SMILES string of the molecule is O=C(Cc1c(F)cccc1Cl)OCC(=O)N1N=C(c2cccs2)CC1c1ccco1. The van der Waals surface area contributed by atoms with Gasteiger partial charge in [-0.05, 0) is 35.7 Å². The summed E-state index contributed by atoms with van der Waals surface area (Å²) < 4.78 is 24.4. The fraction of sp³-hybridized carbons (Fsp3) is 0.190. The van der Waals surface area contributed by atoms with Crippen molar-refractivity contribution in [2.45, 2.75) is 18.9 Å². The van der Waals surface area contributed by atoms with Gasteiger partial charge < -0.3 is 9.15 Å². The number of rotatable bonds is 6. The number of esters is 1. The van der Waals surface area contributed by atoms with Crippen LogP contribution < -0.4 is 0 Å². The number of amides is 1. The van der Waals surface area contributed by atoms with Gasteiger partial charge in [-0.3, -0.25) is 9.59 Å². The molecule has 3 heterocycles. The van der Waals surface area contributed by atoms with Gasteiger partial charge in [0.25, 0.3) is 5.91 Å². The third-order valence-electron chi connectivity index (χ3n) is 4.58. The number of hydrogen-bond donors (Lipinski definition) is 0. The van der Waals surface area contributed by atoms with Gasteiger partial charge in [-0.1, -0.05) is 23.7 Å². The molecule has 1 unspecified atom stereocenters. The Hall–Kier alpha value is -2.97. The highest BCUT2D eigenvalue weighted by Gasteiger charge is 2.35. The van der Waals surface area contributed by atoms with Crippen LogP contribution in [-0.2, 0) is 20.7 Å². The molecular weight excluding hydrogens is 431 g/mol. The van der Waals surface area contributed by atoms with E-state index in [1.807, 2.05) is 17.5 Å². The number of benzene rings is 1. The molecule has 154 valence electrons. The Labute approximate surface area is 180 Å². The van der Waals surface area contributed by atoms with Crippen LogP contribution in [0.15, 0.2) is 63.6 Å². The van der Waals surface area contributed by atoms with E-state index in [9.17, 15) is 14.0 Å². The van der Waals surface area contributed by atoms with Crippen LogP contribution in [0.2, 0.25) is 5.02 Å². The largest absolute Gasteiger partial charge is 0.467 e. The van der Waals surface area contributed by atoms with E-state index in [4.69, 9.17) is 20.8 Å². The number of halogens is 2. The zero-order valence-corrected chi connectivity index (χ0v) is 17.2. The van der Waals surface area contributed by atoms with E-state index in [1.54, 1.807) is 12.1 Å². The van der Waals surface area contributed by atoms with Gasteiger partial charge in [0.05, 0.1) is 23.3 Å². The van der Waals surface area contributed by atoms with Crippen LogP contribution >= 0.6 is 22.9 Å². The van der Waals surface area contributed by atoms with Crippen LogP contribution in [0.4, 0.5) is 4.39 Å². The molecule has 0 saturated heterocycles. The van der Waals surface area contributed by atoms with Gasteiger partial charge in [0.15, 0.2) is 6.61 Å². The average Bonchev–Trinajstić information content (AvgIpc) is 3.48. The summed E-state index contributed by atoms with van der Waals surface area (Å²) in [6, 6.07) is 11.0. The molecule has 0 aliphatic carbocycles. The van der Waals surface area contributed by atoms with E-state index >= 15 is 0 Å². The molecule has 0 spiro atoms. The van der Waals surface area contributed by atoms with Crippen molar-refractivity contribution in [3.05, 3.63) is 81.1 Å². The third-order valence-corrected chi connectivity index (χ3v) is 5.86. The molecule has 30 heavy (non-hydrogen) atoms. The van der Waals surface area contributed by atoms with Gasteiger partial charge in [-0.2, -0.15) is 5.10 Å². The number of hydrazone groups is 1. The van der Waals surface area contributed by atoms with E-state index < -0.39 is 30.3 Å². The molecular formula is C21H16ClFN2O4S. The fourth-order valence-electron chi connectivity index (χ4n) is 3.14. The van der Waals surface area contributed by atoms with Crippen molar-refractivity contribution in [2.75, 3.05) is 6.61 Å². The van der Waals surface area contributed by atoms with E-state index in [0.29, 0.717) is 12.2 Å². The Kier molecular flexibility index (Phi) is 5.96. The first-order chi connectivity index (χ1) is 14.5. The molecule has 3 aromatic rings. The molecule has 2 aromatic heterocycles. The standard InChI is InChI=1S/C21H16ClFN2O4S/c22-14-4-1-5-15(23)13(14)10-21(27)29-12-20(26)25-17(18-6-2-8-28-18)11-16(24-25)19-7-3-9-30-19/h1-9,17H,10-12H2. The van der Waals surface area contributed by atoms with Crippen molar-refractivity contribution in [1.29, 1.82) is 0 Å². The Bertz CT molecular complexity index is 1060. The van der Waals surface area contributed by atoms with Crippen LogP contribution in [0.3, 0.4) is 0 Å². The van der Waals surface area contributed by atoms with Gasteiger partial charge in [-0.25, -0.2) is 9.40 Å². The number of thiophene rings is 1. The first-order valence-corrected chi connectivity index (χ1v) is 10.3. The molecule has 0 radical (unpaired) electrons. The summed E-state index contributed by atoms with van der Waals surface area (Å²) in [6.07, 6.45) is 1.64. The molecule has 9 heteroatoms. The van der Waals surface area contributed by atoms with Gasteiger partial charge in [-0.15, -0.1) is 11.3 Å². The van der Waals surface area contributed by atoms with E-state index in [0.717, 1.165) is 10.6 Å². The Morgan fingerprint density at radius 2 is 2.13 bits per heavy atom. The smallest absolute Gasteiger partial charge is 0.310 e. The van der Waals surface area contributed by atoms with Crippen LogP contribution in [0.25, 0.3) is 0 Å². The molecule has 1 aliphatic heterocycles. The summed E-state index contributed by atoms with van der Waals surface area (Å²) in [4.78, 5) is 25.8. The molecule has 0 saturated carbocycles. The van der Waals surface area contributed by atoms with Gasteiger partial charge >= 0.3 is 5.97 Å². The van der Waals surface area contributed by atoms with Crippen molar-refractivity contribution < 1.29 is 23.1 Å². The topological polar surface area (TPSA) is 72.1 Å². The first-order valence-electron chi connectivity index (χ1n) is 9.08. The molecule has 0 bridgehead atoms. The minimum atomic E-state index is -0.758. The van der Waals surface area contributed by atoms with E-state index in [-0.39, 0.29) is 17.0 Å². The molecule has 6 nitrogen and oxygen atoms in total. The predicted octanol–water partition coefficient (Wildman–Crippen LogP) is 4.60. The summed E-state index contributed by atoms with van der Waals surface area (Å²) in [6.45, 7) is -0.524. The maximum absolute atomic E-state index is 13.8. The molecule has 1 aliphatic rings. The maximum atomic E-state index is 13.8. The van der Waals surface area contributed by atoms with Crippen molar-refractivity contribution in [3.8, 4) is 0 Å². The minimum absolute atomic E-state index is 0.0317. The van der Waals surface area contributed by atoms with Gasteiger partial charge in [0, 0.05) is 17.0 Å². The minimum Gasteiger partial charge on any atom is -0.467 e. The summed E-state index contributed by atoms with van der Waals surface area (Å²) >= 11 is 7.45. The molecule has 0 N–H and O–H groups in total. The number of carbonyl (C=O) groups excluding carboxylic acids is 2. The van der Waals surface area contributed by atoms with Crippen molar-refractivity contribution in [3.63, 3.8) is 0 Å². The third kappa shape index (κ3) is 4.29. The predicted molar refractivity (Wildman–Crippen MR) is 110 cm³/mol. The maximum Gasteiger partial charge on any atom is 0.310 e. The fourth-order valence-corrected chi connectivity index (χ4v) is 4.09. The highest BCUT2D eigenvalue weighted by molar-refractivity contribution is 7.12. The lowest BCUT2D eigenvalue weighted by Crippen LogP contribution is -2.31. The molecule has 1 atom stereocenters. The summed E-state index contributed by atoms with van der Waals surface area (Å²) in [7, 11) is 0. The normalized spacial score (nSPS) is 15.9. The highest BCUT2D eigenvalue weighted by Crippen LogP contribution is 2.34. The zero-order valence-electron chi connectivity index (χ0n) is 15.6. The summed E-state index contributed by atoms with van der Waals surface area (Å²) in [5.41, 5.74) is 0.786. The van der Waals surface area contributed by atoms with Gasteiger partial charge in [0.1, 0.15) is 17.6 Å². The summed E-state index contributed by atoms with van der Waals surface area (Å²) in [5.74, 6) is -1.28. The van der Waals surface area contributed by atoms with Gasteiger partial charge in [0.2, 0.25) is 0 Å². The Morgan fingerprint density at radius 1 is 1.27 bits per heavy atom.